The maximum Gasteiger partial charge on any atom is 0.262 e. The summed E-state index contributed by atoms with van der Waals surface area (Å²) in [7, 11) is -3.89. The van der Waals surface area contributed by atoms with Crippen molar-refractivity contribution in [1.29, 1.82) is 0 Å². The van der Waals surface area contributed by atoms with Crippen LogP contribution in [0.5, 0.6) is 0 Å². The van der Waals surface area contributed by atoms with Gasteiger partial charge in [-0.1, -0.05) is 22.0 Å². The quantitative estimate of drug-likeness (QED) is 0.827. The minimum Gasteiger partial charge on any atom is -0.397 e. The van der Waals surface area contributed by atoms with Crippen LogP contribution in [0.25, 0.3) is 0 Å². The van der Waals surface area contributed by atoms with Crippen molar-refractivity contribution in [2.45, 2.75) is 11.8 Å². The third-order valence-electron chi connectivity index (χ3n) is 2.70. The summed E-state index contributed by atoms with van der Waals surface area (Å²) < 4.78 is 40.9. The van der Waals surface area contributed by atoms with Crippen LogP contribution in [0.3, 0.4) is 0 Å². The summed E-state index contributed by atoms with van der Waals surface area (Å²) in [5.41, 5.74) is 6.72. The van der Waals surface area contributed by atoms with E-state index in [9.17, 15) is 12.8 Å². The van der Waals surface area contributed by atoms with Gasteiger partial charge in [-0.15, -0.1) is 0 Å². The molecule has 0 aromatic heterocycles. The van der Waals surface area contributed by atoms with Gasteiger partial charge in [0.1, 0.15) is 5.82 Å². The Balaban J connectivity index is 2.43. The van der Waals surface area contributed by atoms with Gasteiger partial charge < -0.3 is 5.73 Å². The Labute approximate surface area is 125 Å². The van der Waals surface area contributed by atoms with Crippen LogP contribution in [-0.2, 0) is 10.0 Å². The predicted octanol–water partition coefficient (Wildman–Crippen LogP) is 3.28. The first kappa shape index (κ1) is 14.8. The van der Waals surface area contributed by atoms with Gasteiger partial charge >= 0.3 is 0 Å². The van der Waals surface area contributed by atoms with Crippen molar-refractivity contribution in [1.82, 2.24) is 0 Å². The Bertz CT molecular complexity index is 763. The molecule has 0 spiro atoms. The average molecular weight is 359 g/mol. The molecule has 0 amide bonds. The summed E-state index contributed by atoms with van der Waals surface area (Å²) in [5, 5.41) is 0. The van der Waals surface area contributed by atoms with E-state index < -0.39 is 15.8 Å². The van der Waals surface area contributed by atoms with E-state index >= 15 is 0 Å². The van der Waals surface area contributed by atoms with Crippen LogP contribution in [0.15, 0.2) is 45.8 Å². The molecule has 3 N–H and O–H groups in total. The molecule has 0 aliphatic heterocycles. The van der Waals surface area contributed by atoms with E-state index in [0.717, 1.165) is 10.5 Å². The number of benzene rings is 2. The first-order valence-electron chi connectivity index (χ1n) is 5.63. The SMILES string of the molecule is Cc1ccc(F)cc1S(=O)(=O)Nc1ccc(Br)cc1N. The third-order valence-corrected chi connectivity index (χ3v) is 4.70. The molecule has 20 heavy (non-hydrogen) atoms. The third kappa shape index (κ3) is 3.10. The summed E-state index contributed by atoms with van der Waals surface area (Å²) in [6, 6.07) is 8.37. The summed E-state index contributed by atoms with van der Waals surface area (Å²) in [6.45, 7) is 1.60. The Morgan fingerprint density at radius 2 is 1.90 bits per heavy atom. The topological polar surface area (TPSA) is 72.2 Å². The lowest BCUT2D eigenvalue weighted by atomic mass is 10.2. The van der Waals surface area contributed by atoms with Gasteiger partial charge in [0.2, 0.25) is 0 Å². The largest absolute Gasteiger partial charge is 0.397 e. The summed E-state index contributed by atoms with van der Waals surface area (Å²) in [4.78, 5) is -0.111. The van der Waals surface area contributed by atoms with Crippen LogP contribution in [0.4, 0.5) is 15.8 Å². The van der Waals surface area contributed by atoms with Crippen molar-refractivity contribution in [2.24, 2.45) is 0 Å². The monoisotopic (exact) mass is 358 g/mol. The highest BCUT2D eigenvalue weighted by Gasteiger charge is 2.18. The van der Waals surface area contributed by atoms with Crippen LogP contribution in [0, 0.1) is 12.7 Å². The zero-order valence-corrected chi connectivity index (χ0v) is 12.9. The van der Waals surface area contributed by atoms with Gasteiger partial charge in [-0.2, -0.15) is 0 Å². The highest BCUT2D eigenvalue weighted by Crippen LogP contribution is 2.26. The molecular formula is C13H12BrFN2O2S. The summed E-state index contributed by atoms with van der Waals surface area (Å²) in [5.74, 6) is -0.611. The molecule has 0 atom stereocenters. The second-order valence-corrected chi connectivity index (χ2v) is 6.81. The van der Waals surface area contributed by atoms with Crippen molar-refractivity contribution < 1.29 is 12.8 Å². The van der Waals surface area contributed by atoms with Crippen LogP contribution >= 0.6 is 15.9 Å². The van der Waals surface area contributed by atoms with E-state index in [1.54, 1.807) is 19.1 Å². The molecule has 0 unspecified atom stereocenters. The first-order chi connectivity index (χ1) is 9.29. The number of anilines is 2. The highest BCUT2D eigenvalue weighted by molar-refractivity contribution is 9.10. The van der Waals surface area contributed by atoms with Crippen LogP contribution < -0.4 is 10.5 Å². The van der Waals surface area contributed by atoms with Gasteiger partial charge in [0.15, 0.2) is 0 Å². The molecule has 0 heterocycles. The second-order valence-electron chi connectivity index (χ2n) is 4.25. The minimum atomic E-state index is -3.89. The Hall–Kier alpha value is -1.60. The van der Waals surface area contributed by atoms with E-state index in [1.807, 2.05) is 0 Å². The van der Waals surface area contributed by atoms with E-state index in [2.05, 4.69) is 20.7 Å². The van der Waals surface area contributed by atoms with E-state index in [-0.39, 0.29) is 16.3 Å². The molecule has 0 saturated carbocycles. The van der Waals surface area contributed by atoms with Crippen molar-refractivity contribution in [2.75, 3.05) is 10.5 Å². The Morgan fingerprint density at radius 1 is 1.20 bits per heavy atom. The molecule has 0 bridgehead atoms. The first-order valence-corrected chi connectivity index (χ1v) is 7.91. The number of nitrogens with two attached hydrogens (primary N) is 1. The van der Waals surface area contributed by atoms with Crippen LogP contribution in [-0.4, -0.2) is 8.42 Å². The molecule has 0 aliphatic rings. The predicted molar refractivity (Wildman–Crippen MR) is 80.5 cm³/mol. The average Bonchev–Trinajstić information content (AvgIpc) is 2.35. The number of hydrogen-bond acceptors (Lipinski definition) is 3. The van der Waals surface area contributed by atoms with Gasteiger partial charge in [-0.25, -0.2) is 12.8 Å². The standard InChI is InChI=1S/C13H12BrFN2O2S/c1-8-2-4-10(15)7-13(8)20(18,19)17-12-5-3-9(14)6-11(12)16/h2-7,17H,16H2,1H3. The van der Waals surface area contributed by atoms with Gasteiger partial charge in [0.25, 0.3) is 10.0 Å². The van der Waals surface area contributed by atoms with E-state index in [0.29, 0.717) is 5.56 Å². The van der Waals surface area contributed by atoms with Gasteiger partial charge in [0.05, 0.1) is 16.3 Å². The number of aryl methyl sites for hydroxylation is 1. The molecule has 2 aromatic carbocycles. The van der Waals surface area contributed by atoms with Crippen LogP contribution in [0.2, 0.25) is 0 Å². The molecule has 2 rings (SSSR count). The number of sulfonamides is 1. The molecule has 0 fully saturated rings. The molecule has 0 aliphatic carbocycles. The number of nitrogens with one attached hydrogen (secondary N) is 1. The molecule has 4 nitrogen and oxygen atoms in total. The molecular weight excluding hydrogens is 347 g/mol. The van der Waals surface area contributed by atoms with Gasteiger partial charge in [0, 0.05) is 4.47 Å². The van der Waals surface area contributed by atoms with Crippen LogP contribution in [0.1, 0.15) is 5.56 Å². The maximum absolute atomic E-state index is 13.2. The van der Waals surface area contributed by atoms with E-state index in [1.165, 1.54) is 18.2 Å². The van der Waals surface area contributed by atoms with Gasteiger partial charge in [-0.3, -0.25) is 4.72 Å². The fourth-order valence-corrected chi connectivity index (χ4v) is 3.41. The Morgan fingerprint density at radius 3 is 2.55 bits per heavy atom. The minimum absolute atomic E-state index is 0.111. The molecule has 106 valence electrons. The normalized spacial score (nSPS) is 11.3. The lowest BCUT2D eigenvalue weighted by Crippen LogP contribution is -2.15. The fraction of sp³-hybridized carbons (Fsp3) is 0.0769. The number of rotatable bonds is 3. The summed E-state index contributed by atoms with van der Waals surface area (Å²) in [6.07, 6.45) is 0. The van der Waals surface area contributed by atoms with Crippen molar-refractivity contribution in [3.63, 3.8) is 0 Å². The van der Waals surface area contributed by atoms with Crippen molar-refractivity contribution in [3.05, 3.63) is 52.3 Å². The molecule has 0 saturated heterocycles. The Kier molecular flexibility index (Phi) is 4.01. The lowest BCUT2D eigenvalue weighted by Gasteiger charge is -2.12. The van der Waals surface area contributed by atoms with Gasteiger partial charge in [-0.05, 0) is 42.8 Å². The molecule has 7 heteroatoms. The number of hydrogen-bond donors (Lipinski definition) is 2. The highest BCUT2D eigenvalue weighted by atomic mass is 79.9. The number of nitrogen functional groups attached to an aromatic ring is 1. The molecule has 2 aromatic rings. The smallest absolute Gasteiger partial charge is 0.262 e. The zero-order valence-electron chi connectivity index (χ0n) is 10.5. The molecule has 0 radical (unpaired) electrons. The second kappa shape index (κ2) is 5.41. The fourth-order valence-electron chi connectivity index (χ4n) is 1.69. The van der Waals surface area contributed by atoms with E-state index in [4.69, 9.17) is 5.73 Å². The number of halogens is 2. The zero-order chi connectivity index (χ0) is 14.9. The summed E-state index contributed by atoms with van der Waals surface area (Å²) >= 11 is 3.24. The van der Waals surface area contributed by atoms with Crippen molar-refractivity contribution >= 4 is 37.3 Å². The maximum atomic E-state index is 13.2. The van der Waals surface area contributed by atoms with Crippen molar-refractivity contribution in [3.8, 4) is 0 Å². The lowest BCUT2D eigenvalue weighted by molar-refractivity contribution is 0.594.